The van der Waals surface area contributed by atoms with Crippen LogP contribution in [0.25, 0.3) is 21.9 Å². The Morgan fingerprint density at radius 1 is 1.10 bits per heavy atom. The molecular weight excluding hydrogens is 530 g/mol. The molecule has 3 aliphatic heterocycles. The van der Waals surface area contributed by atoms with Crippen LogP contribution >= 0.6 is 11.6 Å². The van der Waals surface area contributed by atoms with Gasteiger partial charge in [0.05, 0.1) is 23.9 Å². The number of phenolic OH excluding ortho intramolecular Hbond substituents is 1. The Labute approximate surface area is 238 Å². The fraction of sp³-hybridized carbons (Fsp3) is 0.355. The quantitative estimate of drug-likeness (QED) is 0.433. The molecule has 0 bridgehead atoms. The van der Waals surface area contributed by atoms with Crippen LogP contribution < -0.4 is 9.64 Å². The minimum atomic E-state index is -0.642. The third kappa shape index (κ3) is 5.14. The lowest BCUT2D eigenvalue weighted by Gasteiger charge is -2.43. The predicted octanol–water partition coefficient (Wildman–Crippen LogP) is 4.33. The standard InChI is InChI=1S/C31H32ClN3O5/c1-2-30(37)34-17-20(18-34)19-35-27-16-26(32)25(24-14-22(36)13-21-5-3-4-6-23(21)24)15-29(27)40-28(31(35)38)7-8-33-9-11-39-12-10-33/h2-6,13-16,20,28,36H,1,7-12,17-19H2. The number of likely N-dealkylation sites (tertiary alicyclic amines) is 1. The predicted molar refractivity (Wildman–Crippen MR) is 155 cm³/mol. The summed E-state index contributed by atoms with van der Waals surface area (Å²) in [6.45, 7) is 8.96. The topological polar surface area (TPSA) is 82.6 Å². The number of aromatic hydroxyl groups is 1. The number of ether oxygens (including phenoxy) is 2. The second-order valence-electron chi connectivity index (χ2n) is 10.6. The minimum absolute atomic E-state index is 0.0964. The Bertz CT molecular complexity index is 1460. The summed E-state index contributed by atoms with van der Waals surface area (Å²) in [5.74, 6) is 0.677. The molecule has 2 fully saturated rings. The molecule has 40 heavy (non-hydrogen) atoms. The van der Waals surface area contributed by atoms with Crippen molar-refractivity contribution in [1.82, 2.24) is 9.80 Å². The summed E-state index contributed by atoms with van der Waals surface area (Å²) in [6.07, 6.45) is 1.23. The first-order valence-corrected chi connectivity index (χ1v) is 14.0. The van der Waals surface area contributed by atoms with E-state index in [2.05, 4.69) is 11.5 Å². The first-order valence-electron chi connectivity index (χ1n) is 13.7. The minimum Gasteiger partial charge on any atom is -0.508 e. The van der Waals surface area contributed by atoms with E-state index in [1.54, 1.807) is 28.0 Å². The van der Waals surface area contributed by atoms with Gasteiger partial charge in [0.2, 0.25) is 5.91 Å². The Balaban J connectivity index is 1.33. The van der Waals surface area contributed by atoms with Crippen LogP contribution in [0, 0.1) is 5.92 Å². The van der Waals surface area contributed by atoms with Crippen molar-refractivity contribution in [3.05, 3.63) is 66.2 Å². The van der Waals surface area contributed by atoms with Crippen LogP contribution in [0.2, 0.25) is 5.02 Å². The fourth-order valence-electron chi connectivity index (χ4n) is 5.82. The molecule has 2 saturated heterocycles. The zero-order valence-corrected chi connectivity index (χ0v) is 23.0. The van der Waals surface area contributed by atoms with Gasteiger partial charge in [-0.1, -0.05) is 42.4 Å². The highest BCUT2D eigenvalue weighted by Crippen LogP contribution is 2.45. The lowest BCUT2D eigenvalue weighted by atomic mass is 9.95. The smallest absolute Gasteiger partial charge is 0.268 e. The van der Waals surface area contributed by atoms with E-state index in [-0.39, 0.29) is 23.5 Å². The highest BCUT2D eigenvalue weighted by atomic mass is 35.5. The lowest BCUT2D eigenvalue weighted by molar-refractivity contribution is -0.132. The fourth-order valence-corrected chi connectivity index (χ4v) is 6.08. The molecule has 0 saturated carbocycles. The van der Waals surface area contributed by atoms with E-state index in [1.807, 2.05) is 30.3 Å². The maximum atomic E-state index is 13.8. The van der Waals surface area contributed by atoms with Gasteiger partial charge in [-0.05, 0) is 46.7 Å². The van der Waals surface area contributed by atoms with Crippen molar-refractivity contribution in [2.24, 2.45) is 5.92 Å². The van der Waals surface area contributed by atoms with Crippen LogP contribution in [0.15, 0.2) is 61.2 Å². The molecule has 1 unspecified atom stereocenters. The van der Waals surface area contributed by atoms with Gasteiger partial charge >= 0.3 is 0 Å². The average molecular weight is 562 g/mol. The highest BCUT2D eigenvalue weighted by molar-refractivity contribution is 6.34. The number of hydrogen-bond acceptors (Lipinski definition) is 6. The van der Waals surface area contributed by atoms with Crippen molar-refractivity contribution in [3.63, 3.8) is 0 Å². The van der Waals surface area contributed by atoms with Crippen molar-refractivity contribution >= 4 is 39.9 Å². The molecular formula is C31H32ClN3O5. The lowest BCUT2D eigenvalue weighted by Crippen LogP contribution is -2.56. The summed E-state index contributed by atoms with van der Waals surface area (Å²) in [4.78, 5) is 31.5. The molecule has 2 amide bonds. The molecule has 208 valence electrons. The van der Waals surface area contributed by atoms with Gasteiger partial charge < -0.3 is 24.4 Å². The van der Waals surface area contributed by atoms with Crippen LogP contribution in [-0.2, 0) is 14.3 Å². The SMILES string of the molecule is C=CC(=O)N1CC(CN2C(=O)C(CCN3CCOCC3)Oc3cc(-c4cc(O)cc5ccccc45)c(Cl)cc32)C1. The number of carbonyl (C=O) groups is 2. The number of phenols is 1. The summed E-state index contributed by atoms with van der Waals surface area (Å²) < 4.78 is 11.9. The van der Waals surface area contributed by atoms with Crippen molar-refractivity contribution in [1.29, 1.82) is 0 Å². The van der Waals surface area contributed by atoms with E-state index in [1.165, 1.54) is 6.08 Å². The third-order valence-electron chi connectivity index (χ3n) is 7.98. The maximum Gasteiger partial charge on any atom is 0.268 e. The van der Waals surface area contributed by atoms with Gasteiger partial charge in [0, 0.05) is 57.2 Å². The van der Waals surface area contributed by atoms with Crippen molar-refractivity contribution in [2.45, 2.75) is 12.5 Å². The molecule has 3 aromatic rings. The van der Waals surface area contributed by atoms with Gasteiger partial charge in [0.1, 0.15) is 11.5 Å². The Morgan fingerprint density at radius 3 is 2.65 bits per heavy atom. The van der Waals surface area contributed by atoms with Gasteiger partial charge in [0.15, 0.2) is 6.10 Å². The zero-order chi connectivity index (χ0) is 27.8. The summed E-state index contributed by atoms with van der Waals surface area (Å²) in [7, 11) is 0. The van der Waals surface area contributed by atoms with Crippen molar-refractivity contribution in [3.8, 4) is 22.6 Å². The maximum absolute atomic E-state index is 13.8. The number of fused-ring (bicyclic) bond motifs is 2. The molecule has 0 aromatic heterocycles. The summed E-state index contributed by atoms with van der Waals surface area (Å²) in [5, 5.41) is 12.8. The van der Waals surface area contributed by atoms with Gasteiger partial charge in [-0.25, -0.2) is 0 Å². The number of benzene rings is 3. The zero-order valence-electron chi connectivity index (χ0n) is 22.2. The van der Waals surface area contributed by atoms with Gasteiger partial charge in [-0.2, -0.15) is 0 Å². The first-order chi connectivity index (χ1) is 19.4. The molecule has 3 aliphatic rings. The Hall–Kier alpha value is -3.59. The van der Waals surface area contributed by atoms with E-state index in [0.29, 0.717) is 55.7 Å². The van der Waals surface area contributed by atoms with E-state index < -0.39 is 6.10 Å². The van der Waals surface area contributed by atoms with E-state index in [0.717, 1.165) is 41.5 Å². The summed E-state index contributed by atoms with van der Waals surface area (Å²) in [6, 6.07) is 14.9. The second-order valence-corrected chi connectivity index (χ2v) is 11.0. The van der Waals surface area contributed by atoms with E-state index >= 15 is 0 Å². The summed E-state index contributed by atoms with van der Waals surface area (Å²) in [5.41, 5.74) is 2.14. The first kappa shape index (κ1) is 26.6. The molecule has 3 heterocycles. The molecule has 0 spiro atoms. The molecule has 1 atom stereocenters. The number of rotatable bonds is 7. The monoisotopic (exact) mass is 561 g/mol. The number of nitrogens with zero attached hydrogens (tertiary/aromatic N) is 3. The number of carbonyl (C=O) groups excluding carboxylic acids is 2. The number of morpholine rings is 1. The van der Waals surface area contributed by atoms with Gasteiger partial charge in [0.25, 0.3) is 5.91 Å². The van der Waals surface area contributed by atoms with Crippen LogP contribution in [0.3, 0.4) is 0 Å². The molecule has 1 N–H and O–H groups in total. The molecule has 0 aliphatic carbocycles. The van der Waals surface area contributed by atoms with Gasteiger partial charge in [-0.15, -0.1) is 0 Å². The summed E-state index contributed by atoms with van der Waals surface area (Å²) >= 11 is 6.87. The van der Waals surface area contributed by atoms with Crippen LogP contribution in [0.4, 0.5) is 5.69 Å². The molecule has 0 radical (unpaired) electrons. The highest BCUT2D eigenvalue weighted by Gasteiger charge is 2.39. The third-order valence-corrected chi connectivity index (χ3v) is 8.30. The second kappa shape index (κ2) is 11.1. The Morgan fingerprint density at radius 2 is 1.88 bits per heavy atom. The van der Waals surface area contributed by atoms with E-state index in [9.17, 15) is 14.7 Å². The normalized spacial score (nSPS) is 19.7. The Kier molecular flexibility index (Phi) is 7.40. The largest absolute Gasteiger partial charge is 0.508 e. The average Bonchev–Trinajstić information content (AvgIpc) is 2.94. The van der Waals surface area contributed by atoms with Crippen molar-refractivity contribution < 1.29 is 24.2 Å². The van der Waals surface area contributed by atoms with Crippen LogP contribution in [0.5, 0.6) is 11.5 Å². The van der Waals surface area contributed by atoms with Gasteiger partial charge in [-0.3, -0.25) is 14.5 Å². The number of anilines is 1. The van der Waals surface area contributed by atoms with E-state index in [4.69, 9.17) is 21.1 Å². The molecule has 9 heteroatoms. The molecule has 8 nitrogen and oxygen atoms in total. The number of halogens is 1. The molecule has 6 rings (SSSR count). The number of hydrogen-bond donors (Lipinski definition) is 1. The van der Waals surface area contributed by atoms with Crippen LogP contribution in [-0.4, -0.2) is 85.3 Å². The van der Waals surface area contributed by atoms with Crippen molar-refractivity contribution in [2.75, 3.05) is 57.4 Å². The number of amides is 2. The molecule has 3 aromatic carbocycles. The van der Waals surface area contributed by atoms with Crippen LogP contribution in [0.1, 0.15) is 6.42 Å².